The minimum absolute atomic E-state index is 0.0271. The van der Waals surface area contributed by atoms with Crippen molar-refractivity contribution in [3.63, 3.8) is 0 Å². The number of hydrogen-bond acceptors (Lipinski definition) is 6. The van der Waals surface area contributed by atoms with Gasteiger partial charge in [-0.25, -0.2) is 4.79 Å². The van der Waals surface area contributed by atoms with Gasteiger partial charge in [0.2, 0.25) is 0 Å². The Morgan fingerprint density at radius 2 is 2.09 bits per heavy atom. The lowest BCUT2D eigenvalue weighted by molar-refractivity contribution is -0.157. The summed E-state index contributed by atoms with van der Waals surface area (Å²) in [6.45, 7) is 5.15. The molecule has 2 N–H and O–H groups in total. The number of amides is 1. The summed E-state index contributed by atoms with van der Waals surface area (Å²) >= 11 is 0. The van der Waals surface area contributed by atoms with Gasteiger partial charge in [-0.2, -0.15) is 0 Å². The van der Waals surface area contributed by atoms with E-state index in [0.717, 1.165) is 0 Å². The molecule has 0 aliphatic carbocycles. The number of pyridine rings is 1. The number of nitrogens with one attached hydrogen (secondary N) is 2. The van der Waals surface area contributed by atoms with Crippen LogP contribution in [-0.2, 0) is 14.3 Å². The maximum atomic E-state index is 12.2. The maximum absolute atomic E-state index is 12.2. The molecular weight excluding hydrogens is 298 g/mol. The molecular formula is C16H21N3O4. The topological polar surface area (TPSA) is 109 Å². The van der Waals surface area contributed by atoms with Crippen LogP contribution in [0.1, 0.15) is 44.0 Å². The molecule has 7 heteroatoms. The zero-order valence-electron chi connectivity index (χ0n) is 13.5. The molecule has 0 aliphatic rings. The van der Waals surface area contributed by atoms with Crippen LogP contribution in [0.25, 0.3) is 0 Å². The molecule has 23 heavy (non-hydrogen) atoms. The van der Waals surface area contributed by atoms with Crippen LogP contribution in [0, 0.1) is 5.41 Å². The van der Waals surface area contributed by atoms with Gasteiger partial charge in [0.05, 0.1) is 11.8 Å². The van der Waals surface area contributed by atoms with E-state index in [1.54, 1.807) is 32.9 Å². The summed E-state index contributed by atoms with van der Waals surface area (Å²) in [5.41, 5.74) is -0.403. The number of carbonyl (C=O) groups excluding carboxylic acids is 3. The van der Waals surface area contributed by atoms with Gasteiger partial charge in [-0.15, -0.1) is 0 Å². The molecule has 124 valence electrons. The first-order valence-electron chi connectivity index (χ1n) is 7.20. The second-order valence-corrected chi connectivity index (χ2v) is 5.95. The van der Waals surface area contributed by atoms with Crippen LogP contribution >= 0.6 is 0 Å². The number of ketones is 1. The fraction of sp³-hybridized carbons (Fsp3) is 0.438. The molecule has 1 amide bonds. The fourth-order valence-electron chi connectivity index (χ4n) is 1.72. The fourth-order valence-corrected chi connectivity index (χ4v) is 1.72. The van der Waals surface area contributed by atoms with E-state index >= 15 is 0 Å². The largest absolute Gasteiger partial charge is 0.458 e. The first-order valence-corrected chi connectivity index (χ1v) is 7.20. The Bertz CT molecular complexity index is 579. The van der Waals surface area contributed by atoms with Gasteiger partial charge >= 0.3 is 5.97 Å². The lowest BCUT2D eigenvalue weighted by Crippen LogP contribution is -2.44. The molecule has 0 spiro atoms. The molecule has 1 aromatic rings. The summed E-state index contributed by atoms with van der Waals surface area (Å²) in [5, 5.41) is 9.45. The standard InChI is InChI=1S/C16H21N3O4/c1-16(2,3)23-15(22)13(7-6-12(20)9-17)19-14(21)11-5-4-8-18-10-11/h4-5,8-10,13,17H,6-7H2,1-3H3,(H,19,21)/t13-/m0/s1. The molecule has 0 fully saturated rings. The molecule has 0 bridgehead atoms. The van der Waals surface area contributed by atoms with Crippen molar-refractivity contribution in [1.82, 2.24) is 10.3 Å². The van der Waals surface area contributed by atoms with Crippen LogP contribution in [0.15, 0.2) is 24.5 Å². The first-order chi connectivity index (χ1) is 10.7. The lowest BCUT2D eigenvalue weighted by Gasteiger charge is -2.24. The van der Waals surface area contributed by atoms with Crippen molar-refractivity contribution in [3.8, 4) is 0 Å². The highest BCUT2D eigenvalue weighted by atomic mass is 16.6. The van der Waals surface area contributed by atoms with E-state index in [1.165, 1.54) is 12.4 Å². The van der Waals surface area contributed by atoms with Gasteiger partial charge in [0.25, 0.3) is 5.91 Å². The normalized spacial score (nSPS) is 12.1. The summed E-state index contributed by atoms with van der Waals surface area (Å²) < 4.78 is 5.26. The molecule has 1 aromatic heterocycles. The van der Waals surface area contributed by atoms with Crippen LogP contribution in [0.2, 0.25) is 0 Å². The Balaban J connectivity index is 2.81. The van der Waals surface area contributed by atoms with Crippen molar-refractivity contribution in [1.29, 1.82) is 5.41 Å². The number of nitrogens with zero attached hydrogens (tertiary/aromatic N) is 1. The predicted octanol–water partition coefficient (Wildman–Crippen LogP) is 1.52. The van der Waals surface area contributed by atoms with Gasteiger partial charge in [-0.3, -0.25) is 14.6 Å². The Kier molecular flexibility index (Phi) is 6.56. The number of esters is 1. The molecule has 0 aromatic carbocycles. The van der Waals surface area contributed by atoms with Crippen LogP contribution in [-0.4, -0.2) is 40.5 Å². The number of carbonyl (C=O) groups is 3. The average Bonchev–Trinajstić information content (AvgIpc) is 2.49. The minimum Gasteiger partial charge on any atom is -0.458 e. The van der Waals surface area contributed by atoms with Gasteiger partial charge in [-0.05, 0) is 39.3 Å². The highest BCUT2D eigenvalue weighted by molar-refractivity contribution is 6.26. The van der Waals surface area contributed by atoms with Gasteiger partial charge in [0.15, 0.2) is 5.78 Å². The third kappa shape index (κ3) is 6.82. The van der Waals surface area contributed by atoms with Crippen LogP contribution < -0.4 is 5.32 Å². The molecule has 0 radical (unpaired) electrons. The highest BCUT2D eigenvalue weighted by Gasteiger charge is 2.27. The molecule has 0 saturated heterocycles. The van der Waals surface area contributed by atoms with Gasteiger partial charge < -0.3 is 15.5 Å². The molecule has 0 unspecified atom stereocenters. The number of ether oxygens (including phenoxy) is 1. The summed E-state index contributed by atoms with van der Waals surface area (Å²) in [6.07, 6.45) is 3.64. The smallest absolute Gasteiger partial charge is 0.329 e. The van der Waals surface area contributed by atoms with Crippen molar-refractivity contribution in [2.24, 2.45) is 0 Å². The van der Waals surface area contributed by atoms with E-state index in [4.69, 9.17) is 10.1 Å². The van der Waals surface area contributed by atoms with Crippen molar-refractivity contribution in [2.75, 3.05) is 0 Å². The van der Waals surface area contributed by atoms with Crippen molar-refractivity contribution < 1.29 is 19.1 Å². The van der Waals surface area contributed by atoms with Crippen molar-refractivity contribution in [2.45, 2.75) is 45.3 Å². The third-order valence-corrected chi connectivity index (χ3v) is 2.76. The monoisotopic (exact) mass is 319 g/mol. The summed E-state index contributed by atoms with van der Waals surface area (Å²) in [4.78, 5) is 39.5. The lowest BCUT2D eigenvalue weighted by atomic mass is 10.1. The number of hydrogen-bond donors (Lipinski definition) is 2. The molecule has 1 rings (SSSR count). The molecule has 7 nitrogen and oxygen atoms in total. The van der Waals surface area contributed by atoms with Gasteiger partial charge in [0.1, 0.15) is 11.6 Å². The SMILES string of the molecule is CC(C)(C)OC(=O)[C@H](CCC(=O)C=N)NC(=O)c1cccnc1. The minimum atomic E-state index is -0.967. The zero-order chi connectivity index (χ0) is 17.5. The van der Waals surface area contributed by atoms with Gasteiger partial charge in [-0.1, -0.05) is 0 Å². The van der Waals surface area contributed by atoms with E-state index in [-0.39, 0.29) is 12.8 Å². The number of Topliss-reactive ketones (excluding diaryl/α,β-unsaturated/α-hetero) is 1. The maximum Gasteiger partial charge on any atom is 0.329 e. The van der Waals surface area contributed by atoms with E-state index in [9.17, 15) is 14.4 Å². The quantitative estimate of drug-likeness (QED) is 0.585. The van der Waals surface area contributed by atoms with Crippen molar-refractivity contribution >= 4 is 23.9 Å². The number of rotatable bonds is 7. The first kappa shape index (κ1) is 18.5. The Morgan fingerprint density at radius 3 is 2.61 bits per heavy atom. The van der Waals surface area contributed by atoms with E-state index in [1.807, 2.05) is 0 Å². The molecule has 0 saturated carbocycles. The zero-order valence-corrected chi connectivity index (χ0v) is 13.5. The predicted molar refractivity (Wildman–Crippen MR) is 84.4 cm³/mol. The van der Waals surface area contributed by atoms with Gasteiger partial charge in [0, 0.05) is 18.8 Å². The molecule has 1 atom stereocenters. The summed E-state index contributed by atoms with van der Waals surface area (Å²) in [6, 6.07) is 2.21. The summed E-state index contributed by atoms with van der Waals surface area (Å²) in [7, 11) is 0. The Hall–Kier alpha value is -2.57. The summed E-state index contributed by atoms with van der Waals surface area (Å²) in [5.74, 6) is -1.52. The molecule has 0 aliphatic heterocycles. The second kappa shape index (κ2) is 8.17. The molecule has 1 heterocycles. The average molecular weight is 319 g/mol. The van der Waals surface area contributed by atoms with E-state index in [2.05, 4.69) is 10.3 Å². The number of aromatic nitrogens is 1. The van der Waals surface area contributed by atoms with Crippen molar-refractivity contribution in [3.05, 3.63) is 30.1 Å². The van der Waals surface area contributed by atoms with Crippen LogP contribution in [0.4, 0.5) is 0 Å². The van der Waals surface area contributed by atoms with E-state index in [0.29, 0.717) is 11.8 Å². The van der Waals surface area contributed by atoms with E-state index < -0.39 is 29.3 Å². The highest BCUT2D eigenvalue weighted by Crippen LogP contribution is 2.11. The third-order valence-electron chi connectivity index (χ3n) is 2.76. The van der Waals surface area contributed by atoms with Crippen LogP contribution in [0.3, 0.4) is 0 Å². The second-order valence-electron chi connectivity index (χ2n) is 5.95. The Labute approximate surface area is 134 Å². The van der Waals surface area contributed by atoms with Crippen LogP contribution in [0.5, 0.6) is 0 Å². The Morgan fingerprint density at radius 1 is 1.39 bits per heavy atom.